The molecule has 4 aromatic rings. The Hall–Kier alpha value is -4.26. The lowest BCUT2D eigenvalue weighted by atomic mass is 10.1. The second-order valence-corrected chi connectivity index (χ2v) is 8.85. The summed E-state index contributed by atoms with van der Waals surface area (Å²) in [5.41, 5.74) is 2.68. The van der Waals surface area contributed by atoms with E-state index in [9.17, 15) is 9.59 Å². The van der Waals surface area contributed by atoms with E-state index in [-0.39, 0.29) is 6.42 Å². The molecule has 0 saturated carbocycles. The Labute approximate surface area is 210 Å². The molecule has 35 heavy (non-hydrogen) atoms. The summed E-state index contributed by atoms with van der Waals surface area (Å²) in [6.45, 7) is 0. The number of nitriles is 1. The molecule has 4 rings (SSSR count). The van der Waals surface area contributed by atoms with E-state index in [0.717, 1.165) is 11.1 Å². The molecule has 0 aliphatic rings. The summed E-state index contributed by atoms with van der Waals surface area (Å²) in [6.07, 6.45) is 0.274. The van der Waals surface area contributed by atoms with Crippen molar-refractivity contribution in [1.82, 2.24) is 15.5 Å². The Bertz CT molecular complexity index is 1350. The van der Waals surface area contributed by atoms with Gasteiger partial charge in [-0.05, 0) is 42.0 Å². The van der Waals surface area contributed by atoms with Crippen LogP contribution in [0.2, 0.25) is 5.02 Å². The van der Waals surface area contributed by atoms with Crippen LogP contribution in [0.3, 0.4) is 0 Å². The number of nitrogens with zero attached hydrogens (tertiary/aromatic N) is 3. The summed E-state index contributed by atoms with van der Waals surface area (Å²) in [5, 5.41) is 26.8. The second-order valence-electron chi connectivity index (χ2n) is 7.44. The minimum atomic E-state index is -0.876. The number of urea groups is 1. The monoisotopic (exact) mass is 502 g/mol. The third kappa shape index (κ3) is 6.63. The average Bonchev–Trinajstić information content (AvgIpc) is 3.33. The minimum absolute atomic E-state index is 0.274. The quantitative estimate of drug-likeness (QED) is 0.324. The smallest absolute Gasteiger partial charge is 0.319 e. The Balaban J connectivity index is 1.46. The van der Waals surface area contributed by atoms with Gasteiger partial charge in [0.2, 0.25) is 11.0 Å². The molecule has 0 aliphatic carbocycles. The summed E-state index contributed by atoms with van der Waals surface area (Å²) in [4.78, 5) is 25.7. The van der Waals surface area contributed by atoms with Gasteiger partial charge in [0.1, 0.15) is 11.0 Å². The third-order valence-electron chi connectivity index (χ3n) is 4.92. The maximum absolute atomic E-state index is 13.1. The van der Waals surface area contributed by atoms with Gasteiger partial charge in [-0.25, -0.2) is 4.79 Å². The zero-order chi connectivity index (χ0) is 24.6. The maximum Gasteiger partial charge on any atom is 0.319 e. The predicted octanol–water partition coefficient (Wildman–Crippen LogP) is 5.10. The van der Waals surface area contributed by atoms with E-state index in [1.54, 1.807) is 36.4 Å². The molecule has 1 heterocycles. The molecule has 174 valence electrons. The van der Waals surface area contributed by atoms with Crippen LogP contribution in [0.1, 0.15) is 11.1 Å². The van der Waals surface area contributed by atoms with Crippen LogP contribution in [0.5, 0.6) is 0 Å². The molecule has 1 atom stereocenters. The lowest BCUT2D eigenvalue weighted by Gasteiger charge is -2.18. The third-order valence-corrected chi connectivity index (χ3v) is 6.06. The van der Waals surface area contributed by atoms with E-state index in [1.165, 1.54) is 11.3 Å². The van der Waals surface area contributed by atoms with Crippen molar-refractivity contribution in [2.45, 2.75) is 12.5 Å². The largest absolute Gasteiger partial charge is 0.326 e. The lowest BCUT2D eigenvalue weighted by molar-refractivity contribution is -0.117. The molecule has 0 aliphatic heterocycles. The van der Waals surface area contributed by atoms with E-state index in [2.05, 4.69) is 26.1 Å². The zero-order valence-electron chi connectivity index (χ0n) is 18.2. The summed E-state index contributed by atoms with van der Waals surface area (Å²) in [6, 6.07) is 23.5. The first kappa shape index (κ1) is 23.9. The molecule has 0 spiro atoms. The van der Waals surface area contributed by atoms with Crippen molar-refractivity contribution in [1.29, 1.82) is 5.26 Å². The van der Waals surface area contributed by atoms with Gasteiger partial charge < -0.3 is 10.6 Å². The fourth-order valence-corrected chi connectivity index (χ4v) is 4.07. The van der Waals surface area contributed by atoms with E-state index >= 15 is 0 Å². The summed E-state index contributed by atoms with van der Waals surface area (Å²) >= 11 is 7.16. The van der Waals surface area contributed by atoms with Gasteiger partial charge >= 0.3 is 6.03 Å². The Morgan fingerprint density at radius 1 is 0.943 bits per heavy atom. The first-order chi connectivity index (χ1) is 17.0. The number of aromatic nitrogens is 2. The molecular formula is C25H19ClN6O2S. The maximum atomic E-state index is 13.1. The van der Waals surface area contributed by atoms with E-state index in [1.807, 2.05) is 48.5 Å². The highest BCUT2D eigenvalue weighted by molar-refractivity contribution is 7.18. The number of carbonyl (C=O) groups excluding carboxylic acids is 2. The highest BCUT2D eigenvalue weighted by atomic mass is 35.5. The van der Waals surface area contributed by atoms with Crippen LogP contribution in [0.15, 0.2) is 78.9 Å². The van der Waals surface area contributed by atoms with Gasteiger partial charge in [0.05, 0.1) is 11.6 Å². The number of hydrogen-bond donors (Lipinski definition) is 3. The van der Waals surface area contributed by atoms with Crippen molar-refractivity contribution < 1.29 is 9.59 Å². The van der Waals surface area contributed by atoms with Crippen LogP contribution in [0.4, 0.5) is 15.6 Å². The molecule has 0 bridgehead atoms. The number of hydrogen-bond acceptors (Lipinski definition) is 6. The van der Waals surface area contributed by atoms with Crippen LogP contribution in [-0.4, -0.2) is 28.2 Å². The number of nitrogens with one attached hydrogen (secondary N) is 3. The van der Waals surface area contributed by atoms with Crippen LogP contribution >= 0.6 is 22.9 Å². The summed E-state index contributed by atoms with van der Waals surface area (Å²) in [7, 11) is 0. The molecule has 3 aromatic carbocycles. The Morgan fingerprint density at radius 2 is 1.66 bits per heavy atom. The topological polar surface area (TPSA) is 120 Å². The molecule has 1 aromatic heterocycles. The van der Waals surface area contributed by atoms with Gasteiger partial charge in [-0.1, -0.05) is 65.4 Å². The van der Waals surface area contributed by atoms with Crippen molar-refractivity contribution in [2.75, 3.05) is 10.6 Å². The van der Waals surface area contributed by atoms with Crippen molar-refractivity contribution in [3.05, 3.63) is 95.0 Å². The number of amides is 3. The predicted molar refractivity (Wildman–Crippen MR) is 136 cm³/mol. The zero-order valence-corrected chi connectivity index (χ0v) is 19.8. The summed E-state index contributed by atoms with van der Waals surface area (Å²) < 4.78 is 0. The molecule has 0 fully saturated rings. The first-order valence-corrected chi connectivity index (χ1v) is 11.7. The van der Waals surface area contributed by atoms with Crippen LogP contribution < -0.4 is 16.0 Å². The van der Waals surface area contributed by atoms with Gasteiger partial charge in [-0.3, -0.25) is 10.1 Å². The molecule has 0 unspecified atom stereocenters. The van der Waals surface area contributed by atoms with Crippen molar-refractivity contribution in [3.63, 3.8) is 0 Å². The van der Waals surface area contributed by atoms with Crippen LogP contribution in [0, 0.1) is 11.3 Å². The van der Waals surface area contributed by atoms with Crippen molar-refractivity contribution in [2.24, 2.45) is 0 Å². The van der Waals surface area contributed by atoms with Gasteiger partial charge in [0.25, 0.3) is 0 Å². The minimum Gasteiger partial charge on any atom is -0.326 e. The Morgan fingerprint density at radius 3 is 2.34 bits per heavy atom. The average molecular weight is 503 g/mol. The number of carbonyl (C=O) groups is 2. The van der Waals surface area contributed by atoms with Crippen LogP contribution in [0.25, 0.3) is 10.6 Å². The van der Waals surface area contributed by atoms with Crippen molar-refractivity contribution in [3.8, 4) is 16.6 Å². The number of rotatable bonds is 7. The highest BCUT2D eigenvalue weighted by Crippen LogP contribution is 2.27. The Kier molecular flexibility index (Phi) is 7.67. The van der Waals surface area contributed by atoms with Gasteiger partial charge in [0.15, 0.2) is 0 Å². The molecular weight excluding hydrogens is 484 g/mol. The van der Waals surface area contributed by atoms with E-state index in [4.69, 9.17) is 16.9 Å². The van der Waals surface area contributed by atoms with E-state index in [0.29, 0.717) is 26.4 Å². The molecule has 0 radical (unpaired) electrons. The van der Waals surface area contributed by atoms with E-state index < -0.39 is 18.0 Å². The van der Waals surface area contributed by atoms with Crippen LogP contribution in [-0.2, 0) is 11.2 Å². The van der Waals surface area contributed by atoms with Crippen molar-refractivity contribution >= 4 is 45.7 Å². The number of anilines is 2. The lowest BCUT2D eigenvalue weighted by Crippen LogP contribution is -2.46. The fraction of sp³-hybridized carbons (Fsp3) is 0.0800. The number of halogens is 1. The normalized spacial score (nSPS) is 11.2. The molecule has 3 amide bonds. The standard InChI is InChI=1S/C25H19ClN6O2S/c26-19-10-8-18(9-11-19)23-31-32-25(35-23)30-22(33)21(14-16-4-2-1-3-5-16)29-24(34)28-20-12-6-17(15-27)7-13-20/h1-13,21H,14H2,(H2,28,29,34)(H,30,32,33)/t21-/m1/s1. The molecule has 3 N–H and O–H groups in total. The van der Waals surface area contributed by atoms with Gasteiger partial charge in [-0.15, -0.1) is 10.2 Å². The SMILES string of the molecule is N#Cc1ccc(NC(=O)N[C@H](Cc2ccccc2)C(=O)Nc2nnc(-c3ccc(Cl)cc3)s2)cc1. The molecule has 10 heteroatoms. The highest BCUT2D eigenvalue weighted by Gasteiger charge is 2.23. The fourth-order valence-electron chi connectivity index (χ4n) is 3.19. The molecule has 0 saturated heterocycles. The molecule has 8 nitrogen and oxygen atoms in total. The number of benzene rings is 3. The van der Waals surface area contributed by atoms with Gasteiger partial charge in [0, 0.05) is 22.7 Å². The second kappa shape index (κ2) is 11.2. The van der Waals surface area contributed by atoms with Gasteiger partial charge in [-0.2, -0.15) is 5.26 Å². The first-order valence-electron chi connectivity index (χ1n) is 10.5. The summed E-state index contributed by atoms with van der Waals surface area (Å²) in [5.74, 6) is -0.428.